The van der Waals surface area contributed by atoms with Gasteiger partial charge in [-0.3, -0.25) is 24.1 Å². The highest BCUT2D eigenvalue weighted by Gasteiger charge is 2.34. The van der Waals surface area contributed by atoms with Gasteiger partial charge in [-0.05, 0) is 18.2 Å². The first-order chi connectivity index (χ1) is 20.1. The van der Waals surface area contributed by atoms with Crippen LogP contribution in [0.15, 0.2) is 71.7 Å². The number of rotatable bonds is 10. The highest BCUT2D eigenvalue weighted by atomic mass is 35.5. The van der Waals surface area contributed by atoms with Crippen molar-refractivity contribution < 1.29 is 34.2 Å². The number of para-hydroxylation sites is 1. The van der Waals surface area contributed by atoms with Crippen LogP contribution in [-0.4, -0.2) is 64.7 Å². The molecule has 2 atom stereocenters. The molecular formula is C29H24Cl2N4O7. The molecule has 3 aromatic rings. The molecule has 0 spiro atoms. The number of aliphatic hydroxyl groups is 1. The predicted octanol–water partition coefficient (Wildman–Crippen LogP) is 2.58. The summed E-state index contributed by atoms with van der Waals surface area (Å²) in [5, 5.41) is 23.5. The third-order valence-electron chi connectivity index (χ3n) is 6.29. The summed E-state index contributed by atoms with van der Waals surface area (Å²) in [7, 11) is 0. The molecule has 3 aromatic carbocycles. The van der Waals surface area contributed by atoms with Gasteiger partial charge in [0, 0.05) is 32.3 Å². The Labute approximate surface area is 249 Å². The Balaban J connectivity index is 1.75. The summed E-state index contributed by atoms with van der Waals surface area (Å²) in [6, 6.07) is 16.9. The Kier molecular flexibility index (Phi) is 9.68. The molecule has 0 bridgehead atoms. The highest BCUT2D eigenvalue weighted by molar-refractivity contribution is 6.36. The van der Waals surface area contributed by atoms with Crippen molar-refractivity contribution in [1.82, 2.24) is 10.6 Å². The van der Waals surface area contributed by atoms with E-state index in [0.29, 0.717) is 28.8 Å². The van der Waals surface area contributed by atoms with Crippen LogP contribution >= 0.6 is 23.2 Å². The fourth-order valence-corrected chi connectivity index (χ4v) is 4.93. The van der Waals surface area contributed by atoms with Gasteiger partial charge >= 0.3 is 5.97 Å². The zero-order valence-electron chi connectivity index (χ0n) is 21.8. The summed E-state index contributed by atoms with van der Waals surface area (Å²) in [6.45, 7) is -1.05. The Morgan fingerprint density at radius 2 is 1.67 bits per heavy atom. The van der Waals surface area contributed by atoms with Crippen LogP contribution in [0, 0.1) is 0 Å². The van der Waals surface area contributed by atoms with Crippen LogP contribution in [0.25, 0.3) is 0 Å². The molecule has 11 nitrogen and oxygen atoms in total. The molecule has 1 heterocycles. The van der Waals surface area contributed by atoms with Gasteiger partial charge in [-0.25, -0.2) is 4.99 Å². The number of aliphatic carboxylic acids is 1. The molecule has 1 aliphatic heterocycles. The molecule has 2 unspecified atom stereocenters. The molecule has 0 radical (unpaired) electrons. The Morgan fingerprint density at radius 1 is 1.02 bits per heavy atom. The summed E-state index contributed by atoms with van der Waals surface area (Å²) in [6.07, 6.45) is -1.87. The number of nitrogens with zero attached hydrogens (tertiary/aromatic N) is 2. The van der Waals surface area contributed by atoms with Gasteiger partial charge in [-0.15, -0.1) is 0 Å². The number of aldehydes is 1. The number of aliphatic imine (C=N–C) groups is 1. The summed E-state index contributed by atoms with van der Waals surface area (Å²) in [5.41, 5.74) is 2.00. The summed E-state index contributed by atoms with van der Waals surface area (Å²) < 4.78 is 0. The number of benzene rings is 3. The minimum atomic E-state index is -1.52. The van der Waals surface area contributed by atoms with Crippen LogP contribution in [0.2, 0.25) is 10.0 Å². The van der Waals surface area contributed by atoms with E-state index in [1.165, 1.54) is 12.1 Å². The normalized spacial score (nSPS) is 15.1. The summed E-state index contributed by atoms with van der Waals surface area (Å²) >= 11 is 12.3. The second-order valence-corrected chi connectivity index (χ2v) is 9.96. The van der Waals surface area contributed by atoms with Gasteiger partial charge in [0.15, 0.2) is 0 Å². The number of carboxylic acids is 1. The molecule has 3 amide bonds. The van der Waals surface area contributed by atoms with Crippen LogP contribution in [0.5, 0.6) is 0 Å². The Hall–Kier alpha value is -4.58. The number of halogens is 2. The maximum absolute atomic E-state index is 13.9. The first kappa shape index (κ1) is 30.4. The molecule has 0 fully saturated rings. The molecule has 13 heteroatoms. The molecule has 0 aliphatic carbocycles. The minimum Gasteiger partial charge on any atom is -0.481 e. The van der Waals surface area contributed by atoms with Crippen molar-refractivity contribution in [2.24, 2.45) is 4.99 Å². The molecular weight excluding hydrogens is 587 g/mol. The van der Waals surface area contributed by atoms with Crippen molar-refractivity contribution in [1.29, 1.82) is 0 Å². The van der Waals surface area contributed by atoms with Crippen molar-refractivity contribution in [2.45, 2.75) is 25.2 Å². The van der Waals surface area contributed by atoms with E-state index in [4.69, 9.17) is 28.3 Å². The van der Waals surface area contributed by atoms with Crippen molar-refractivity contribution in [2.75, 3.05) is 11.4 Å². The number of benzodiazepines with no additional fused rings is 1. The van der Waals surface area contributed by atoms with Gasteiger partial charge in [0.1, 0.15) is 12.8 Å². The van der Waals surface area contributed by atoms with Crippen LogP contribution < -0.4 is 15.5 Å². The lowest BCUT2D eigenvalue weighted by Gasteiger charge is -2.25. The van der Waals surface area contributed by atoms with Gasteiger partial charge < -0.3 is 25.6 Å². The third-order valence-corrected chi connectivity index (χ3v) is 6.97. The van der Waals surface area contributed by atoms with Gasteiger partial charge in [0.05, 0.1) is 30.5 Å². The predicted molar refractivity (Wildman–Crippen MR) is 155 cm³/mol. The van der Waals surface area contributed by atoms with Crippen molar-refractivity contribution in [3.8, 4) is 0 Å². The number of amides is 3. The number of carboxylic acid groups (broad SMARTS) is 1. The number of nitrogens with one attached hydrogen (secondary N) is 2. The van der Waals surface area contributed by atoms with E-state index in [0.717, 1.165) is 4.90 Å². The average molecular weight is 611 g/mol. The number of carbonyl (C=O) groups excluding carboxylic acids is 4. The highest BCUT2D eigenvalue weighted by Crippen LogP contribution is 2.29. The SMILES string of the molecule is O=CC(CC(=O)O)NC(=O)CN1C(=O)C(NC(=O)c2cc(Cl)c(CO)c(Cl)c2)N=C(c2ccccc2)c2ccccc21. The maximum Gasteiger partial charge on any atom is 0.305 e. The fraction of sp³-hybridized carbons (Fsp3) is 0.172. The molecule has 0 aromatic heterocycles. The number of carbonyl (C=O) groups is 5. The van der Waals surface area contributed by atoms with Crippen molar-refractivity contribution >= 4 is 64.6 Å². The molecule has 0 saturated carbocycles. The molecule has 0 saturated heterocycles. The molecule has 42 heavy (non-hydrogen) atoms. The van der Waals surface area contributed by atoms with E-state index in [1.54, 1.807) is 54.6 Å². The smallest absolute Gasteiger partial charge is 0.305 e. The van der Waals surface area contributed by atoms with E-state index >= 15 is 0 Å². The largest absolute Gasteiger partial charge is 0.481 e. The zero-order chi connectivity index (χ0) is 30.4. The lowest BCUT2D eigenvalue weighted by Crippen LogP contribution is -2.51. The first-order valence-corrected chi connectivity index (χ1v) is 13.3. The number of hydrogen-bond acceptors (Lipinski definition) is 7. The number of aliphatic hydroxyl groups excluding tert-OH is 1. The Bertz CT molecular complexity index is 1560. The zero-order valence-corrected chi connectivity index (χ0v) is 23.3. The topological polar surface area (TPSA) is 165 Å². The minimum absolute atomic E-state index is 0.00000992. The Morgan fingerprint density at radius 3 is 2.29 bits per heavy atom. The molecule has 1 aliphatic rings. The number of hydrogen-bond donors (Lipinski definition) is 4. The van der Waals surface area contributed by atoms with Crippen molar-refractivity contribution in [3.63, 3.8) is 0 Å². The van der Waals surface area contributed by atoms with Gasteiger partial charge in [-0.2, -0.15) is 0 Å². The van der Waals surface area contributed by atoms with E-state index in [-0.39, 0.29) is 21.2 Å². The summed E-state index contributed by atoms with van der Waals surface area (Å²) in [5.74, 6) is -3.63. The van der Waals surface area contributed by atoms with Gasteiger partial charge in [0.2, 0.25) is 12.1 Å². The van der Waals surface area contributed by atoms with E-state index in [1.807, 2.05) is 0 Å². The molecule has 4 rings (SSSR count). The summed E-state index contributed by atoms with van der Waals surface area (Å²) in [4.78, 5) is 68.3. The fourth-order valence-electron chi connectivity index (χ4n) is 4.32. The average Bonchev–Trinajstić information content (AvgIpc) is 3.07. The monoisotopic (exact) mass is 610 g/mol. The van der Waals surface area contributed by atoms with Gasteiger partial charge in [0.25, 0.3) is 11.8 Å². The maximum atomic E-state index is 13.9. The van der Waals surface area contributed by atoms with E-state index in [9.17, 15) is 29.1 Å². The van der Waals surface area contributed by atoms with Crippen molar-refractivity contribution in [3.05, 3.63) is 99.0 Å². The van der Waals surface area contributed by atoms with Crippen LogP contribution in [0.3, 0.4) is 0 Å². The number of anilines is 1. The molecule has 216 valence electrons. The lowest BCUT2D eigenvalue weighted by molar-refractivity contribution is -0.138. The molecule has 4 N–H and O–H groups in total. The van der Waals surface area contributed by atoms with E-state index in [2.05, 4.69) is 15.6 Å². The first-order valence-electron chi connectivity index (χ1n) is 12.5. The van der Waals surface area contributed by atoms with Crippen LogP contribution in [-0.2, 0) is 25.8 Å². The number of fused-ring (bicyclic) bond motifs is 1. The third kappa shape index (κ3) is 6.82. The second kappa shape index (κ2) is 13.4. The van der Waals surface area contributed by atoms with Crippen LogP contribution in [0.1, 0.15) is 33.5 Å². The van der Waals surface area contributed by atoms with Crippen LogP contribution in [0.4, 0.5) is 5.69 Å². The lowest BCUT2D eigenvalue weighted by atomic mass is 10.0. The quantitative estimate of drug-likeness (QED) is 0.256. The van der Waals surface area contributed by atoms with E-state index < -0.39 is 55.5 Å². The standard InChI is InChI=1S/C29H24Cl2N4O7/c30-21-10-17(11-22(31)20(21)15-37)28(41)34-27-29(42)35(13-24(38)32-18(14-36)12-25(39)40)23-9-5-4-8-19(23)26(33-27)16-6-2-1-3-7-16/h1-11,14,18,27,37H,12-13,15H2,(H,32,38)(H,34,41)(H,39,40). The second-order valence-electron chi connectivity index (χ2n) is 9.15. The van der Waals surface area contributed by atoms with Gasteiger partial charge in [-0.1, -0.05) is 71.7 Å².